The molecule has 0 amide bonds. The molecule has 8 atom stereocenters. The van der Waals surface area contributed by atoms with Crippen molar-refractivity contribution in [3.8, 4) is 17.0 Å². The molecule has 1 fully saturated rings. The van der Waals surface area contributed by atoms with Crippen LogP contribution in [0, 0.1) is 29.6 Å². The molecule has 0 radical (unpaired) electrons. The van der Waals surface area contributed by atoms with E-state index in [1.165, 1.54) is 11.6 Å². The lowest BCUT2D eigenvalue weighted by Crippen LogP contribution is -2.42. The number of hydrogen-bond acceptors (Lipinski definition) is 15. The average Bonchev–Trinajstić information content (AvgIpc) is 4.23. The van der Waals surface area contributed by atoms with E-state index < -0.39 is 12.1 Å². The van der Waals surface area contributed by atoms with E-state index in [1.54, 1.807) is 35.0 Å². The number of allylic oxidation sites excluding steroid dienone is 3. The molecule has 20 heteroatoms. The molecule has 0 bridgehead atoms. The molecule has 4 aromatic carbocycles. The minimum atomic E-state index is -1.05. The maximum absolute atomic E-state index is 13.5. The first-order valence-corrected chi connectivity index (χ1v) is 28.6. The number of fused-ring (bicyclic) bond motifs is 4. The fourth-order valence-electron chi connectivity index (χ4n) is 11.3. The number of nitrogens with one attached hydrogen (secondary N) is 3. The molecule has 0 unspecified atom stereocenters. The number of ketones is 1. The zero-order valence-corrected chi connectivity index (χ0v) is 47.6. The molecular weight excluding hydrogens is 1080 g/mol. The Bertz CT molecular complexity index is 3280. The summed E-state index contributed by atoms with van der Waals surface area (Å²) < 4.78 is 15.0. The number of aromatic nitrogens is 4. The number of hydrogen-bond donors (Lipinski definition) is 8. The van der Waals surface area contributed by atoms with Crippen LogP contribution in [0.15, 0.2) is 96.6 Å². The lowest BCUT2D eigenvalue weighted by atomic mass is 9.65. The Morgan fingerprint density at radius 3 is 2.37 bits per heavy atom. The SMILES string of the molecule is CC[C@H](C)C(=O)O[C@H]1C[C@@H](C)C=C2C=C[C@H](C)[C@H](CC[C@@H]3C[C@@H](O)CC(=O)O3)[C@H]21.O=C(O)c1nn(Cc2ccc(Cl)cc2Cl)c2ccccc12.O=C1c2c(O)cccc2-c2nn(CCNCCO)c3ccc(NCCNCCO)c1c23. The molecule has 2 aromatic heterocycles. The van der Waals surface area contributed by atoms with E-state index in [1.807, 2.05) is 54.9 Å². The molecule has 3 heterocycles. The third kappa shape index (κ3) is 14.3. The molecular formula is C61H73Cl2N7O11. The number of esters is 2. The second-order valence-corrected chi connectivity index (χ2v) is 22.1. The highest BCUT2D eigenvalue weighted by atomic mass is 35.5. The van der Waals surface area contributed by atoms with E-state index in [2.05, 4.69) is 53.1 Å². The van der Waals surface area contributed by atoms with Gasteiger partial charge in [-0.25, -0.2) is 4.79 Å². The summed E-state index contributed by atoms with van der Waals surface area (Å²) in [5.74, 6) is -0.577. The Hall–Kier alpha value is -6.64. The smallest absolute Gasteiger partial charge is 0.357 e. The van der Waals surface area contributed by atoms with E-state index in [0.29, 0.717) is 108 Å². The first-order valence-electron chi connectivity index (χ1n) is 27.9. The molecule has 81 heavy (non-hydrogen) atoms. The number of nitrogens with zero attached hydrogens (tertiary/aromatic N) is 4. The number of benzene rings is 4. The van der Waals surface area contributed by atoms with Crippen LogP contribution in [0.5, 0.6) is 5.75 Å². The predicted octanol–water partition coefficient (Wildman–Crippen LogP) is 8.81. The molecule has 10 rings (SSSR count). The number of carboxylic acid groups (broad SMARTS) is 1. The van der Waals surface area contributed by atoms with Gasteiger partial charge in [-0.05, 0) is 91.0 Å². The first kappa shape index (κ1) is 60.5. The van der Waals surface area contributed by atoms with Crippen LogP contribution < -0.4 is 16.0 Å². The molecule has 432 valence electrons. The van der Waals surface area contributed by atoms with Crippen molar-refractivity contribution in [1.29, 1.82) is 0 Å². The monoisotopic (exact) mass is 1150 g/mol. The van der Waals surface area contributed by atoms with Crippen LogP contribution in [0.3, 0.4) is 0 Å². The number of aliphatic hydroxyl groups is 3. The van der Waals surface area contributed by atoms with Gasteiger partial charge in [-0.3, -0.25) is 23.7 Å². The topological polar surface area (TPSA) is 260 Å². The normalized spacial score (nSPS) is 21.1. The maximum atomic E-state index is 13.5. The number of aromatic hydroxyl groups is 1. The summed E-state index contributed by atoms with van der Waals surface area (Å²) in [7, 11) is 0. The number of aliphatic hydroxyl groups excluding tert-OH is 3. The van der Waals surface area contributed by atoms with Crippen LogP contribution in [-0.4, -0.2) is 133 Å². The van der Waals surface area contributed by atoms with Crippen LogP contribution >= 0.6 is 23.2 Å². The van der Waals surface area contributed by atoms with E-state index in [4.69, 9.17) is 48.0 Å². The van der Waals surface area contributed by atoms with Gasteiger partial charge < -0.3 is 51.0 Å². The second kappa shape index (κ2) is 27.9. The highest BCUT2D eigenvalue weighted by molar-refractivity contribution is 6.35. The Morgan fingerprint density at radius 1 is 0.877 bits per heavy atom. The van der Waals surface area contributed by atoms with Crippen molar-refractivity contribution in [2.45, 2.75) is 97.6 Å². The molecule has 8 N–H and O–H groups in total. The van der Waals surface area contributed by atoms with E-state index in [9.17, 15) is 34.5 Å². The van der Waals surface area contributed by atoms with Gasteiger partial charge in [0, 0.05) is 77.1 Å². The third-order valence-electron chi connectivity index (χ3n) is 15.5. The highest BCUT2D eigenvalue weighted by Crippen LogP contribution is 2.47. The van der Waals surface area contributed by atoms with Crippen molar-refractivity contribution in [3.63, 3.8) is 0 Å². The predicted molar refractivity (Wildman–Crippen MR) is 312 cm³/mol. The van der Waals surface area contributed by atoms with Gasteiger partial charge in [-0.15, -0.1) is 0 Å². The van der Waals surface area contributed by atoms with Crippen molar-refractivity contribution in [2.24, 2.45) is 29.6 Å². The molecule has 3 aliphatic carbocycles. The molecule has 6 aromatic rings. The molecule has 1 saturated heterocycles. The lowest BCUT2D eigenvalue weighted by molar-refractivity contribution is -0.162. The number of carbonyl (C=O) groups is 4. The summed E-state index contributed by atoms with van der Waals surface area (Å²) >= 11 is 12.0. The number of carbonyl (C=O) groups excluding carboxylic acids is 3. The number of cyclic esters (lactones) is 1. The first-order chi connectivity index (χ1) is 39.0. The number of phenols is 1. The lowest BCUT2D eigenvalue weighted by Gasteiger charge is -2.43. The number of phenolic OH excluding ortho intramolecular Hbond substituents is 1. The summed E-state index contributed by atoms with van der Waals surface area (Å²) in [4.78, 5) is 48.9. The highest BCUT2D eigenvalue weighted by Gasteiger charge is 2.42. The van der Waals surface area contributed by atoms with Crippen molar-refractivity contribution < 1.29 is 54.2 Å². The Labute approximate surface area is 481 Å². The van der Waals surface area contributed by atoms with Crippen molar-refractivity contribution >= 4 is 74.4 Å². The third-order valence-corrected chi connectivity index (χ3v) is 16.1. The zero-order chi connectivity index (χ0) is 57.9. The van der Waals surface area contributed by atoms with Gasteiger partial charge >= 0.3 is 17.9 Å². The molecule has 0 spiro atoms. The zero-order valence-electron chi connectivity index (χ0n) is 46.1. The summed E-state index contributed by atoms with van der Waals surface area (Å²) in [5.41, 5.74) is 6.52. The van der Waals surface area contributed by atoms with Gasteiger partial charge in [-0.1, -0.05) is 106 Å². The fourth-order valence-corrected chi connectivity index (χ4v) is 11.7. The van der Waals surface area contributed by atoms with Crippen LogP contribution in [0.4, 0.5) is 5.69 Å². The summed E-state index contributed by atoms with van der Waals surface area (Å²) in [6.07, 6.45) is 9.70. The van der Waals surface area contributed by atoms with Gasteiger partial charge in [0.2, 0.25) is 0 Å². The molecule has 1 aliphatic heterocycles. The maximum Gasteiger partial charge on any atom is 0.357 e. The van der Waals surface area contributed by atoms with Crippen LogP contribution in [0.2, 0.25) is 10.0 Å². The minimum Gasteiger partial charge on any atom is -0.507 e. The van der Waals surface area contributed by atoms with Crippen molar-refractivity contribution in [1.82, 2.24) is 30.2 Å². The number of para-hydroxylation sites is 1. The largest absolute Gasteiger partial charge is 0.507 e. The van der Waals surface area contributed by atoms with Gasteiger partial charge in [0.15, 0.2) is 11.5 Å². The van der Waals surface area contributed by atoms with Gasteiger partial charge in [-0.2, -0.15) is 10.2 Å². The Morgan fingerprint density at radius 2 is 1.64 bits per heavy atom. The second-order valence-electron chi connectivity index (χ2n) is 21.3. The van der Waals surface area contributed by atoms with Crippen molar-refractivity contribution in [3.05, 3.63) is 129 Å². The van der Waals surface area contributed by atoms with Crippen molar-refractivity contribution in [2.75, 3.05) is 51.3 Å². The van der Waals surface area contributed by atoms with E-state index in [-0.39, 0.29) is 78.4 Å². The number of halogens is 2. The van der Waals surface area contributed by atoms with Crippen LogP contribution in [0.25, 0.3) is 33.1 Å². The molecule has 0 saturated carbocycles. The average molecular weight is 1150 g/mol. The Kier molecular flexibility index (Phi) is 20.8. The minimum absolute atomic E-state index is 0.0377. The number of carboxylic acids is 1. The molecule has 4 aliphatic rings. The number of aromatic carboxylic acids is 1. The van der Waals surface area contributed by atoms with E-state index in [0.717, 1.165) is 47.7 Å². The Balaban J connectivity index is 0.000000162. The number of anilines is 1. The summed E-state index contributed by atoms with van der Waals surface area (Å²) in [6, 6.07) is 21.3. The van der Waals surface area contributed by atoms with Gasteiger partial charge in [0.05, 0.1) is 66.9 Å². The summed E-state index contributed by atoms with van der Waals surface area (Å²) in [6.45, 7) is 12.3. The summed E-state index contributed by atoms with van der Waals surface area (Å²) in [5, 5.41) is 68.4. The van der Waals surface area contributed by atoms with Crippen LogP contribution in [-0.2, 0) is 32.2 Å². The number of ether oxygens (including phenoxy) is 2. The van der Waals surface area contributed by atoms with Crippen LogP contribution in [0.1, 0.15) is 98.2 Å². The fraction of sp³-hybridized carbons (Fsp3) is 0.443. The standard InChI is InChI=1S/C24H36O5.C22H27N5O4.C15H10Cl2N2O2/c1-5-15(3)24(27)29-21-11-14(2)10-17-7-6-16(4)20(23(17)21)9-8-19-12-18(25)13-22(26)28-19;28-12-9-23-6-7-25-15-4-5-16-20-19(15)22(31)18-14(2-1-3-17(18)30)21(20)26-27(16)11-8-24-10-13-29;16-10-6-5-9(12(17)7-10)8-19-13-4-2-1-3-11(13)14(18-19)15(20)21/h6-7,10,14-16,18-21,23,25H,5,8-9,11-13H2,1-4H3;1-5,23-25,28-30H,6-13H2;1-7H,8H2,(H,20,21)/t14-,15-,16-,18+,19+,20-,21-,23-;;/m0../s1. The molecule has 18 nitrogen and oxygen atoms in total. The number of rotatable bonds is 20. The quantitative estimate of drug-likeness (QED) is 0.0262. The van der Waals surface area contributed by atoms with Gasteiger partial charge in [0.25, 0.3) is 0 Å². The van der Waals surface area contributed by atoms with Gasteiger partial charge in [0.1, 0.15) is 23.7 Å². The van der Waals surface area contributed by atoms with E-state index >= 15 is 0 Å².